The van der Waals surface area contributed by atoms with Crippen molar-refractivity contribution in [3.8, 4) is 0 Å². The monoisotopic (exact) mass is 341 g/mol. The second-order valence-corrected chi connectivity index (χ2v) is 7.16. The van der Waals surface area contributed by atoms with E-state index in [9.17, 15) is 4.79 Å². The van der Waals surface area contributed by atoms with Crippen molar-refractivity contribution >= 4 is 5.97 Å². The summed E-state index contributed by atoms with van der Waals surface area (Å²) in [7, 11) is 1.98. The van der Waals surface area contributed by atoms with E-state index in [0.717, 1.165) is 19.4 Å². The van der Waals surface area contributed by atoms with E-state index in [0.29, 0.717) is 6.42 Å². The molecule has 1 unspecified atom stereocenters. The summed E-state index contributed by atoms with van der Waals surface area (Å²) >= 11 is 0. The van der Waals surface area contributed by atoms with Crippen LogP contribution in [0.3, 0.4) is 0 Å². The molecule has 0 spiro atoms. The Morgan fingerprint density at radius 3 is 1.62 bits per heavy atom. The SMILES string of the molecule is CCCCCCCCCCCCCCCC(=O)OC(C)N(C)CC. The molecule has 0 aliphatic heterocycles. The molecule has 0 aliphatic carbocycles. The van der Waals surface area contributed by atoms with E-state index in [4.69, 9.17) is 4.74 Å². The van der Waals surface area contributed by atoms with E-state index >= 15 is 0 Å². The van der Waals surface area contributed by atoms with Crippen LogP contribution in [0.15, 0.2) is 0 Å². The van der Waals surface area contributed by atoms with Crippen LogP contribution in [-0.4, -0.2) is 30.7 Å². The second kappa shape index (κ2) is 17.3. The smallest absolute Gasteiger partial charge is 0.307 e. The largest absolute Gasteiger partial charge is 0.447 e. The van der Waals surface area contributed by atoms with Crippen LogP contribution in [0.2, 0.25) is 0 Å². The van der Waals surface area contributed by atoms with Gasteiger partial charge in [-0.2, -0.15) is 0 Å². The Hall–Kier alpha value is -0.570. The summed E-state index contributed by atoms with van der Waals surface area (Å²) in [4.78, 5) is 13.8. The number of esters is 1. The Bertz CT molecular complexity index is 281. The van der Waals surface area contributed by atoms with Crippen molar-refractivity contribution in [3.05, 3.63) is 0 Å². The van der Waals surface area contributed by atoms with Crippen LogP contribution in [0.25, 0.3) is 0 Å². The van der Waals surface area contributed by atoms with Crippen LogP contribution >= 0.6 is 0 Å². The van der Waals surface area contributed by atoms with Gasteiger partial charge in [-0.05, 0) is 26.9 Å². The Labute approximate surface area is 151 Å². The molecular weight excluding hydrogens is 298 g/mol. The van der Waals surface area contributed by atoms with E-state index < -0.39 is 0 Å². The molecule has 0 rings (SSSR count). The minimum atomic E-state index is -0.107. The van der Waals surface area contributed by atoms with Crippen molar-refractivity contribution in [1.82, 2.24) is 4.90 Å². The lowest BCUT2D eigenvalue weighted by Crippen LogP contribution is -2.33. The lowest BCUT2D eigenvalue weighted by atomic mass is 10.0. The normalized spacial score (nSPS) is 12.5. The Kier molecular flexibility index (Phi) is 16.8. The van der Waals surface area contributed by atoms with E-state index in [-0.39, 0.29) is 12.2 Å². The van der Waals surface area contributed by atoms with Gasteiger partial charge in [0.1, 0.15) is 0 Å². The van der Waals surface area contributed by atoms with Gasteiger partial charge in [0.15, 0.2) is 6.23 Å². The highest BCUT2D eigenvalue weighted by Gasteiger charge is 2.12. The topological polar surface area (TPSA) is 29.5 Å². The molecule has 1 atom stereocenters. The molecule has 0 saturated carbocycles. The first-order valence-electron chi connectivity index (χ1n) is 10.5. The quantitative estimate of drug-likeness (QED) is 0.176. The Morgan fingerprint density at radius 1 is 0.792 bits per heavy atom. The van der Waals surface area contributed by atoms with Crippen LogP contribution in [0, 0.1) is 0 Å². The maximum Gasteiger partial charge on any atom is 0.307 e. The first kappa shape index (κ1) is 23.4. The molecule has 24 heavy (non-hydrogen) atoms. The van der Waals surface area contributed by atoms with Crippen LogP contribution in [0.1, 0.15) is 111 Å². The third-order valence-corrected chi connectivity index (χ3v) is 4.91. The third-order valence-electron chi connectivity index (χ3n) is 4.91. The third kappa shape index (κ3) is 15.0. The zero-order chi connectivity index (χ0) is 18.0. The average Bonchev–Trinajstić information content (AvgIpc) is 2.58. The number of nitrogens with zero attached hydrogens (tertiary/aromatic N) is 1. The number of carbonyl (C=O) groups excluding carboxylic acids is 1. The molecule has 0 fully saturated rings. The summed E-state index contributed by atoms with van der Waals surface area (Å²) in [6.07, 6.45) is 17.8. The first-order chi connectivity index (χ1) is 11.6. The van der Waals surface area contributed by atoms with Gasteiger partial charge in [0, 0.05) is 6.42 Å². The average molecular weight is 342 g/mol. The Morgan fingerprint density at radius 2 is 1.21 bits per heavy atom. The number of hydrogen-bond donors (Lipinski definition) is 0. The van der Waals surface area contributed by atoms with Gasteiger partial charge in [0.2, 0.25) is 0 Å². The van der Waals surface area contributed by atoms with Crippen molar-refractivity contribution in [2.45, 2.75) is 117 Å². The van der Waals surface area contributed by atoms with Crippen LogP contribution in [-0.2, 0) is 9.53 Å². The number of hydrogen-bond acceptors (Lipinski definition) is 3. The lowest BCUT2D eigenvalue weighted by Gasteiger charge is -2.22. The predicted octanol–water partition coefficient (Wildman–Crippen LogP) is 6.31. The molecule has 0 N–H and O–H groups in total. The van der Waals surface area contributed by atoms with E-state index in [2.05, 4.69) is 13.8 Å². The first-order valence-corrected chi connectivity index (χ1v) is 10.5. The molecule has 0 aliphatic rings. The van der Waals surface area contributed by atoms with Crippen molar-refractivity contribution in [2.24, 2.45) is 0 Å². The molecule has 0 heterocycles. The van der Waals surface area contributed by atoms with Gasteiger partial charge >= 0.3 is 5.97 Å². The summed E-state index contributed by atoms with van der Waals surface area (Å²) in [5.41, 5.74) is 0. The van der Waals surface area contributed by atoms with Gasteiger partial charge in [0.05, 0.1) is 0 Å². The van der Waals surface area contributed by atoms with Gasteiger partial charge in [-0.3, -0.25) is 9.69 Å². The second-order valence-electron chi connectivity index (χ2n) is 7.16. The highest BCUT2D eigenvalue weighted by Crippen LogP contribution is 2.13. The van der Waals surface area contributed by atoms with Crippen molar-refractivity contribution in [1.29, 1.82) is 0 Å². The van der Waals surface area contributed by atoms with E-state index in [1.807, 2.05) is 18.9 Å². The highest BCUT2D eigenvalue weighted by molar-refractivity contribution is 5.69. The minimum absolute atomic E-state index is 0.0501. The highest BCUT2D eigenvalue weighted by atomic mass is 16.6. The fourth-order valence-corrected chi connectivity index (χ4v) is 2.88. The molecule has 0 radical (unpaired) electrons. The van der Waals surface area contributed by atoms with E-state index in [1.165, 1.54) is 70.6 Å². The maximum atomic E-state index is 11.7. The summed E-state index contributed by atoms with van der Waals surface area (Å²) in [5.74, 6) is -0.0501. The van der Waals surface area contributed by atoms with Gasteiger partial charge in [-0.15, -0.1) is 0 Å². The van der Waals surface area contributed by atoms with Gasteiger partial charge < -0.3 is 4.74 Å². The standard InChI is InChI=1S/C21H43NO2/c1-5-7-8-9-10-11-12-13-14-15-16-17-18-19-21(23)24-20(3)22(4)6-2/h20H,5-19H2,1-4H3. The number of rotatable bonds is 17. The molecule has 144 valence electrons. The van der Waals surface area contributed by atoms with Crippen molar-refractivity contribution in [2.75, 3.05) is 13.6 Å². The summed E-state index contributed by atoms with van der Waals surface area (Å²) in [5, 5.41) is 0. The van der Waals surface area contributed by atoms with Crippen molar-refractivity contribution < 1.29 is 9.53 Å². The van der Waals surface area contributed by atoms with Gasteiger partial charge in [-0.25, -0.2) is 0 Å². The zero-order valence-electron chi connectivity index (χ0n) is 16.9. The minimum Gasteiger partial charge on any atom is -0.447 e. The van der Waals surface area contributed by atoms with Crippen LogP contribution in [0.4, 0.5) is 0 Å². The molecule has 0 bridgehead atoms. The fourth-order valence-electron chi connectivity index (χ4n) is 2.88. The molecule has 0 aromatic carbocycles. The zero-order valence-corrected chi connectivity index (χ0v) is 16.9. The summed E-state index contributed by atoms with van der Waals surface area (Å²) < 4.78 is 5.40. The maximum absolute atomic E-state index is 11.7. The van der Waals surface area contributed by atoms with Gasteiger partial charge in [-0.1, -0.05) is 90.9 Å². The lowest BCUT2D eigenvalue weighted by molar-refractivity contribution is -0.156. The predicted molar refractivity (Wildman–Crippen MR) is 104 cm³/mol. The fraction of sp³-hybridized carbons (Fsp3) is 0.952. The summed E-state index contributed by atoms with van der Waals surface area (Å²) in [6, 6.07) is 0. The van der Waals surface area contributed by atoms with Crippen molar-refractivity contribution in [3.63, 3.8) is 0 Å². The molecular formula is C21H43NO2. The molecule has 0 amide bonds. The van der Waals surface area contributed by atoms with Gasteiger partial charge in [0.25, 0.3) is 0 Å². The van der Waals surface area contributed by atoms with Crippen LogP contribution in [0.5, 0.6) is 0 Å². The molecule has 0 aromatic heterocycles. The number of ether oxygens (including phenoxy) is 1. The van der Waals surface area contributed by atoms with E-state index in [1.54, 1.807) is 0 Å². The molecule has 0 aromatic rings. The molecule has 3 nitrogen and oxygen atoms in total. The van der Waals surface area contributed by atoms with Crippen LogP contribution < -0.4 is 0 Å². The molecule has 0 saturated heterocycles. The Balaban J connectivity index is 3.26. The number of unbranched alkanes of at least 4 members (excludes halogenated alkanes) is 12. The number of carbonyl (C=O) groups is 1. The molecule has 3 heteroatoms. The summed E-state index contributed by atoms with van der Waals surface area (Å²) in [6.45, 7) is 7.17.